The standard InChI is InChI=1S/C15H23N/c1-14(2,3)12-6-8-13(9-7-12)15(16)10-4-5-11-15/h6-9H,4-5,10-11,16H2,1-3H3. The molecule has 1 aromatic carbocycles. The first-order chi connectivity index (χ1) is 7.42. The largest absolute Gasteiger partial charge is 0.321 e. The molecule has 2 N–H and O–H groups in total. The number of rotatable bonds is 1. The van der Waals surface area contributed by atoms with Crippen LogP contribution >= 0.6 is 0 Å². The Kier molecular flexibility index (Phi) is 2.83. The number of nitrogens with two attached hydrogens (primary N) is 1. The summed E-state index contributed by atoms with van der Waals surface area (Å²) in [6.45, 7) is 6.74. The van der Waals surface area contributed by atoms with Crippen molar-refractivity contribution >= 4 is 0 Å². The Hall–Kier alpha value is -0.820. The molecule has 1 nitrogen and oxygen atoms in total. The highest BCUT2D eigenvalue weighted by Crippen LogP contribution is 2.36. The third-order valence-corrected chi connectivity index (χ3v) is 3.82. The Bertz CT molecular complexity index is 350. The predicted molar refractivity (Wildman–Crippen MR) is 69.5 cm³/mol. The van der Waals surface area contributed by atoms with Crippen molar-refractivity contribution in [2.45, 2.75) is 57.4 Å². The monoisotopic (exact) mass is 217 g/mol. The van der Waals surface area contributed by atoms with E-state index in [0.717, 1.165) is 12.8 Å². The first-order valence-corrected chi connectivity index (χ1v) is 6.32. The van der Waals surface area contributed by atoms with Gasteiger partial charge in [-0.2, -0.15) is 0 Å². The maximum Gasteiger partial charge on any atom is 0.0409 e. The van der Waals surface area contributed by atoms with Gasteiger partial charge >= 0.3 is 0 Å². The van der Waals surface area contributed by atoms with Crippen molar-refractivity contribution in [1.29, 1.82) is 0 Å². The van der Waals surface area contributed by atoms with Crippen LogP contribution in [-0.2, 0) is 11.0 Å². The maximum absolute atomic E-state index is 6.44. The summed E-state index contributed by atoms with van der Waals surface area (Å²) in [6, 6.07) is 8.93. The van der Waals surface area contributed by atoms with E-state index in [0.29, 0.717) is 0 Å². The zero-order chi connectivity index (χ0) is 11.8. The Labute approximate surface area is 99.0 Å². The third kappa shape index (κ3) is 2.15. The van der Waals surface area contributed by atoms with Crippen molar-refractivity contribution < 1.29 is 0 Å². The van der Waals surface area contributed by atoms with E-state index >= 15 is 0 Å². The minimum atomic E-state index is -0.0452. The van der Waals surface area contributed by atoms with Crippen LogP contribution < -0.4 is 5.73 Å². The lowest BCUT2D eigenvalue weighted by Gasteiger charge is -2.26. The molecular weight excluding hydrogens is 194 g/mol. The second kappa shape index (κ2) is 3.89. The Balaban J connectivity index is 2.26. The van der Waals surface area contributed by atoms with Crippen LogP contribution in [0.4, 0.5) is 0 Å². The van der Waals surface area contributed by atoms with Gasteiger partial charge in [0, 0.05) is 5.54 Å². The summed E-state index contributed by atoms with van der Waals surface area (Å²) in [6.07, 6.45) is 4.83. The summed E-state index contributed by atoms with van der Waals surface area (Å²) in [5.41, 5.74) is 9.33. The topological polar surface area (TPSA) is 26.0 Å². The van der Waals surface area contributed by atoms with E-state index in [1.165, 1.54) is 24.0 Å². The zero-order valence-electron chi connectivity index (χ0n) is 10.7. The van der Waals surface area contributed by atoms with E-state index < -0.39 is 0 Å². The van der Waals surface area contributed by atoms with Crippen molar-refractivity contribution in [3.8, 4) is 0 Å². The fourth-order valence-electron chi connectivity index (χ4n) is 2.60. The highest BCUT2D eigenvalue weighted by Gasteiger charge is 2.31. The van der Waals surface area contributed by atoms with E-state index in [-0.39, 0.29) is 11.0 Å². The van der Waals surface area contributed by atoms with Gasteiger partial charge in [0.1, 0.15) is 0 Å². The second-order valence-corrected chi connectivity index (χ2v) is 6.19. The van der Waals surface area contributed by atoms with Gasteiger partial charge in [-0.25, -0.2) is 0 Å². The molecule has 0 saturated heterocycles. The van der Waals surface area contributed by atoms with Crippen molar-refractivity contribution in [2.75, 3.05) is 0 Å². The van der Waals surface area contributed by atoms with Gasteiger partial charge in [-0.05, 0) is 29.4 Å². The van der Waals surface area contributed by atoms with Crippen LogP contribution in [0.15, 0.2) is 24.3 Å². The smallest absolute Gasteiger partial charge is 0.0409 e. The molecule has 0 aliphatic heterocycles. The summed E-state index contributed by atoms with van der Waals surface area (Å²) in [5, 5.41) is 0. The van der Waals surface area contributed by atoms with Crippen molar-refractivity contribution in [1.82, 2.24) is 0 Å². The minimum Gasteiger partial charge on any atom is -0.321 e. The van der Waals surface area contributed by atoms with Crippen LogP contribution in [0.5, 0.6) is 0 Å². The molecule has 0 heterocycles. The van der Waals surface area contributed by atoms with Gasteiger partial charge in [0.05, 0.1) is 0 Å². The molecule has 88 valence electrons. The van der Waals surface area contributed by atoms with E-state index in [9.17, 15) is 0 Å². The normalized spacial score (nSPS) is 20.0. The van der Waals surface area contributed by atoms with Gasteiger partial charge in [-0.3, -0.25) is 0 Å². The number of hydrogen-bond acceptors (Lipinski definition) is 1. The van der Waals surface area contributed by atoms with Gasteiger partial charge < -0.3 is 5.73 Å². The molecule has 2 rings (SSSR count). The SMILES string of the molecule is CC(C)(C)c1ccc(C2(N)CCCC2)cc1. The molecule has 1 fully saturated rings. The summed E-state index contributed by atoms with van der Waals surface area (Å²) in [5.74, 6) is 0. The Morgan fingerprint density at radius 1 is 1.00 bits per heavy atom. The average molecular weight is 217 g/mol. The summed E-state index contributed by atoms with van der Waals surface area (Å²) >= 11 is 0. The molecule has 16 heavy (non-hydrogen) atoms. The molecule has 0 bridgehead atoms. The molecule has 1 aliphatic rings. The van der Waals surface area contributed by atoms with E-state index in [1.807, 2.05) is 0 Å². The lowest BCUT2D eigenvalue weighted by atomic mass is 9.83. The summed E-state index contributed by atoms with van der Waals surface area (Å²) < 4.78 is 0. The third-order valence-electron chi connectivity index (χ3n) is 3.82. The maximum atomic E-state index is 6.44. The van der Waals surface area contributed by atoms with Crippen LogP contribution in [0.3, 0.4) is 0 Å². The van der Waals surface area contributed by atoms with Crippen LogP contribution in [-0.4, -0.2) is 0 Å². The highest BCUT2D eigenvalue weighted by atomic mass is 14.8. The molecule has 0 radical (unpaired) electrons. The molecule has 0 amide bonds. The van der Waals surface area contributed by atoms with Crippen molar-refractivity contribution in [3.05, 3.63) is 35.4 Å². The van der Waals surface area contributed by atoms with Gasteiger partial charge in [0.2, 0.25) is 0 Å². The predicted octanol–water partition coefficient (Wildman–Crippen LogP) is 3.71. The first-order valence-electron chi connectivity index (χ1n) is 6.32. The summed E-state index contributed by atoms with van der Waals surface area (Å²) in [7, 11) is 0. The lowest BCUT2D eigenvalue weighted by Crippen LogP contribution is -2.33. The highest BCUT2D eigenvalue weighted by molar-refractivity contribution is 5.32. The fraction of sp³-hybridized carbons (Fsp3) is 0.600. The van der Waals surface area contributed by atoms with Crippen LogP contribution in [0.2, 0.25) is 0 Å². The molecule has 1 aromatic rings. The van der Waals surface area contributed by atoms with Gasteiger partial charge in [-0.15, -0.1) is 0 Å². The van der Waals surface area contributed by atoms with Crippen molar-refractivity contribution in [3.63, 3.8) is 0 Å². The zero-order valence-corrected chi connectivity index (χ0v) is 10.7. The van der Waals surface area contributed by atoms with Crippen molar-refractivity contribution in [2.24, 2.45) is 5.73 Å². The summed E-state index contributed by atoms with van der Waals surface area (Å²) in [4.78, 5) is 0. The van der Waals surface area contributed by atoms with Crippen LogP contribution in [0.1, 0.15) is 57.6 Å². The molecule has 0 atom stereocenters. The molecule has 0 unspecified atom stereocenters. The second-order valence-electron chi connectivity index (χ2n) is 6.19. The molecule has 1 heteroatoms. The molecule has 1 saturated carbocycles. The molecule has 0 spiro atoms. The molecule has 0 aromatic heterocycles. The first kappa shape index (κ1) is 11.7. The molecular formula is C15H23N. The Morgan fingerprint density at radius 3 is 1.94 bits per heavy atom. The van der Waals surface area contributed by atoms with E-state index in [1.54, 1.807) is 0 Å². The minimum absolute atomic E-state index is 0.0452. The van der Waals surface area contributed by atoms with E-state index in [2.05, 4.69) is 45.0 Å². The number of hydrogen-bond donors (Lipinski definition) is 1. The fourth-order valence-corrected chi connectivity index (χ4v) is 2.60. The van der Waals surface area contributed by atoms with Crippen LogP contribution in [0, 0.1) is 0 Å². The quantitative estimate of drug-likeness (QED) is 0.762. The average Bonchev–Trinajstić information content (AvgIpc) is 2.66. The van der Waals surface area contributed by atoms with Gasteiger partial charge in [0.25, 0.3) is 0 Å². The lowest BCUT2D eigenvalue weighted by molar-refractivity contribution is 0.461. The van der Waals surface area contributed by atoms with Crippen LogP contribution in [0.25, 0.3) is 0 Å². The Morgan fingerprint density at radius 2 is 1.50 bits per heavy atom. The number of benzene rings is 1. The molecule has 1 aliphatic carbocycles. The van der Waals surface area contributed by atoms with Gasteiger partial charge in [0.15, 0.2) is 0 Å². The van der Waals surface area contributed by atoms with E-state index in [4.69, 9.17) is 5.73 Å². The van der Waals surface area contributed by atoms with Gasteiger partial charge in [-0.1, -0.05) is 57.9 Å².